The highest BCUT2D eigenvalue weighted by Gasteiger charge is 2.45. The molecule has 2 aromatic carbocycles. The molecule has 5 atom stereocenters. The fourth-order valence-electron chi connectivity index (χ4n) is 7.66. The van der Waals surface area contributed by atoms with Gasteiger partial charge in [-0.2, -0.15) is 0 Å². The Morgan fingerprint density at radius 1 is 1.10 bits per heavy atom. The molecule has 1 saturated carbocycles. The van der Waals surface area contributed by atoms with Crippen molar-refractivity contribution in [3.63, 3.8) is 0 Å². The Labute approximate surface area is 248 Å². The first kappa shape index (κ1) is 28.6. The summed E-state index contributed by atoms with van der Waals surface area (Å²) in [6.07, 6.45) is 12.4. The van der Waals surface area contributed by atoms with Gasteiger partial charge in [0.25, 0.3) is 0 Å². The maximum Gasteiger partial charge on any atom is 0.342 e. The van der Waals surface area contributed by atoms with Crippen LogP contribution in [0.5, 0.6) is 5.75 Å². The number of carbonyl (C=O) groups is 1. The third-order valence-electron chi connectivity index (χ3n) is 10.2. The maximum atomic E-state index is 13.0. The van der Waals surface area contributed by atoms with E-state index < -0.39 is 17.7 Å². The standard InChI is InChI=1S/C34H42ClNO5/c1-40-32(38)34(39)17-6-4-2-3-5-9-30(37)27-13-10-24(27)20-36-21-33(22-41-31-15-11-25(34)19-29(31)36)16-7-8-23-18-26(35)12-14-28(23)33/h5,9,11-12,14-15,18-19,24,27,30,37,39H,2-4,6-8,10,13,16-17,20-22H2,1H3/t24-,27+,30-,33-,34+/m0/s1. The van der Waals surface area contributed by atoms with E-state index in [-0.39, 0.29) is 17.8 Å². The van der Waals surface area contributed by atoms with Gasteiger partial charge in [-0.3, -0.25) is 0 Å². The van der Waals surface area contributed by atoms with Crippen molar-refractivity contribution in [3.8, 4) is 5.75 Å². The number of methoxy groups -OCH3 is 1. The SMILES string of the molecule is COC(=O)[C@@]1(O)CCCCCC=C[C@H](O)[C@@H]2CC[C@H]2CN2C[C@@]3(CCCc4cc(Cl)ccc43)COc3ccc1cc32. The van der Waals surface area contributed by atoms with Gasteiger partial charge >= 0.3 is 5.97 Å². The lowest BCUT2D eigenvalue weighted by Gasteiger charge is -2.45. The quantitative estimate of drug-likeness (QED) is 0.315. The van der Waals surface area contributed by atoms with Crippen LogP contribution in [-0.4, -0.2) is 49.1 Å². The van der Waals surface area contributed by atoms with Gasteiger partial charge in [-0.1, -0.05) is 42.3 Å². The summed E-state index contributed by atoms with van der Waals surface area (Å²) in [5.74, 6) is 0.685. The monoisotopic (exact) mass is 579 g/mol. The number of ether oxygens (including phenoxy) is 2. The zero-order valence-corrected chi connectivity index (χ0v) is 24.7. The summed E-state index contributed by atoms with van der Waals surface area (Å²) < 4.78 is 11.7. The Kier molecular flexibility index (Phi) is 8.10. The van der Waals surface area contributed by atoms with Crippen LogP contribution in [0.1, 0.15) is 74.5 Å². The van der Waals surface area contributed by atoms with Crippen molar-refractivity contribution in [1.82, 2.24) is 0 Å². The van der Waals surface area contributed by atoms with Gasteiger partial charge < -0.3 is 24.6 Å². The minimum atomic E-state index is -1.73. The second-order valence-electron chi connectivity index (χ2n) is 12.7. The largest absolute Gasteiger partial charge is 0.490 e. The molecule has 0 amide bonds. The first-order valence-electron chi connectivity index (χ1n) is 15.3. The van der Waals surface area contributed by atoms with Crippen LogP contribution in [0.25, 0.3) is 0 Å². The lowest BCUT2D eigenvalue weighted by molar-refractivity contribution is -0.164. The van der Waals surface area contributed by atoms with E-state index in [1.807, 2.05) is 30.3 Å². The van der Waals surface area contributed by atoms with Crippen LogP contribution in [0.15, 0.2) is 48.6 Å². The summed E-state index contributed by atoms with van der Waals surface area (Å²) in [7, 11) is 1.33. The Bertz CT molecular complexity index is 1310. The maximum absolute atomic E-state index is 13.0. The number of aryl methyl sites for hydroxylation is 1. The van der Waals surface area contributed by atoms with E-state index in [2.05, 4.69) is 23.1 Å². The van der Waals surface area contributed by atoms with Gasteiger partial charge in [0, 0.05) is 23.5 Å². The molecule has 41 heavy (non-hydrogen) atoms. The normalized spacial score (nSPS) is 31.7. The number of aliphatic hydroxyl groups is 2. The van der Waals surface area contributed by atoms with Crippen LogP contribution in [-0.2, 0) is 27.0 Å². The Morgan fingerprint density at radius 3 is 2.78 bits per heavy atom. The number of anilines is 1. The van der Waals surface area contributed by atoms with Crippen molar-refractivity contribution in [2.45, 2.75) is 81.3 Å². The van der Waals surface area contributed by atoms with Gasteiger partial charge in [0.1, 0.15) is 5.75 Å². The highest BCUT2D eigenvalue weighted by atomic mass is 35.5. The smallest absolute Gasteiger partial charge is 0.342 e. The molecule has 2 bridgehead atoms. The van der Waals surface area contributed by atoms with Crippen molar-refractivity contribution in [1.29, 1.82) is 0 Å². The first-order valence-corrected chi connectivity index (χ1v) is 15.7. The van der Waals surface area contributed by atoms with Crippen molar-refractivity contribution in [2.24, 2.45) is 11.8 Å². The number of rotatable bonds is 1. The molecule has 2 N–H and O–H groups in total. The third kappa shape index (κ3) is 5.39. The van der Waals surface area contributed by atoms with Gasteiger partial charge in [-0.25, -0.2) is 4.79 Å². The predicted octanol–water partition coefficient (Wildman–Crippen LogP) is 6.08. The Balaban J connectivity index is 1.44. The molecule has 2 aromatic rings. The van der Waals surface area contributed by atoms with Crippen molar-refractivity contribution in [3.05, 3.63) is 70.3 Å². The number of carbonyl (C=O) groups excluding carboxylic acids is 1. The van der Waals surface area contributed by atoms with E-state index in [0.29, 0.717) is 24.5 Å². The second kappa shape index (κ2) is 11.6. The minimum absolute atomic E-state index is 0.214. The number of esters is 1. The molecule has 2 aliphatic carbocycles. The molecule has 1 fully saturated rings. The number of fused-ring (bicyclic) bond motifs is 4. The Morgan fingerprint density at radius 2 is 1.98 bits per heavy atom. The zero-order chi connectivity index (χ0) is 28.6. The molecule has 6 rings (SSSR count). The van der Waals surface area contributed by atoms with Gasteiger partial charge in [-0.05, 0) is 111 Å². The first-order chi connectivity index (χ1) is 19.8. The Hall–Kier alpha value is -2.54. The van der Waals surface area contributed by atoms with Crippen LogP contribution >= 0.6 is 11.6 Å². The number of benzene rings is 2. The van der Waals surface area contributed by atoms with Crippen LogP contribution < -0.4 is 9.64 Å². The van der Waals surface area contributed by atoms with Crippen LogP contribution in [0, 0.1) is 11.8 Å². The van der Waals surface area contributed by atoms with E-state index >= 15 is 0 Å². The summed E-state index contributed by atoms with van der Waals surface area (Å²) in [6, 6.07) is 11.9. The molecule has 0 radical (unpaired) electrons. The number of halogens is 1. The number of nitrogens with zero attached hydrogens (tertiary/aromatic N) is 1. The van der Waals surface area contributed by atoms with Crippen LogP contribution in [0.2, 0.25) is 5.02 Å². The molecule has 2 heterocycles. The van der Waals surface area contributed by atoms with Gasteiger partial charge in [0.15, 0.2) is 5.60 Å². The molecular formula is C34H42ClNO5. The van der Waals surface area contributed by atoms with Gasteiger partial charge in [0.2, 0.25) is 0 Å². The third-order valence-corrected chi connectivity index (χ3v) is 10.4. The molecule has 7 heteroatoms. The summed E-state index contributed by atoms with van der Waals surface area (Å²) in [6.45, 7) is 2.08. The lowest BCUT2D eigenvalue weighted by atomic mass is 9.68. The molecule has 6 nitrogen and oxygen atoms in total. The number of aliphatic hydroxyl groups excluding tert-OH is 1. The molecule has 4 aliphatic rings. The predicted molar refractivity (Wildman–Crippen MR) is 161 cm³/mol. The summed E-state index contributed by atoms with van der Waals surface area (Å²) >= 11 is 6.41. The molecule has 0 unspecified atom stereocenters. The molecule has 1 spiro atoms. The average molecular weight is 580 g/mol. The lowest BCUT2D eigenvalue weighted by Crippen LogP contribution is -2.49. The molecule has 2 aliphatic heterocycles. The van der Waals surface area contributed by atoms with Gasteiger partial charge in [-0.15, -0.1) is 0 Å². The fraction of sp³-hybridized carbons (Fsp3) is 0.559. The zero-order valence-electron chi connectivity index (χ0n) is 24.0. The van der Waals surface area contributed by atoms with E-state index in [1.165, 1.54) is 18.2 Å². The van der Waals surface area contributed by atoms with Crippen LogP contribution in [0.4, 0.5) is 5.69 Å². The van der Waals surface area contributed by atoms with E-state index in [9.17, 15) is 15.0 Å². The summed E-state index contributed by atoms with van der Waals surface area (Å²) in [4.78, 5) is 15.4. The average Bonchev–Trinajstić information content (AvgIpc) is 3.10. The highest BCUT2D eigenvalue weighted by Crippen LogP contribution is 2.47. The highest BCUT2D eigenvalue weighted by molar-refractivity contribution is 6.30. The number of hydrogen-bond donors (Lipinski definition) is 2. The topological polar surface area (TPSA) is 79.2 Å². The van der Waals surface area contributed by atoms with Crippen molar-refractivity contribution in [2.75, 3.05) is 31.7 Å². The van der Waals surface area contributed by atoms with E-state index in [1.54, 1.807) is 0 Å². The molecular weight excluding hydrogens is 538 g/mol. The van der Waals surface area contributed by atoms with Crippen LogP contribution in [0.3, 0.4) is 0 Å². The van der Waals surface area contributed by atoms with Crippen molar-refractivity contribution < 1.29 is 24.5 Å². The molecule has 0 saturated heterocycles. The molecule has 0 aromatic heterocycles. The van der Waals surface area contributed by atoms with Gasteiger partial charge in [0.05, 0.1) is 25.5 Å². The number of allylic oxidation sites excluding steroid dienone is 1. The van der Waals surface area contributed by atoms with E-state index in [4.69, 9.17) is 21.1 Å². The number of hydrogen-bond acceptors (Lipinski definition) is 6. The second-order valence-corrected chi connectivity index (χ2v) is 13.1. The molecule has 220 valence electrons. The fourth-order valence-corrected chi connectivity index (χ4v) is 7.85. The summed E-state index contributed by atoms with van der Waals surface area (Å²) in [5, 5.41) is 23.6. The summed E-state index contributed by atoms with van der Waals surface area (Å²) in [5.41, 5.74) is 2.08. The minimum Gasteiger partial charge on any atom is -0.490 e. The van der Waals surface area contributed by atoms with Crippen molar-refractivity contribution >= 4 is 23.3 Å². The van der Waals surface area contributed by atoms with E-state index in [0.717, 1.165) is 80.9 Å².